The number of ether oxygens (including phenoxy) is 9. The average molecular weight is 1420 g/mol. The van der Waals surface area contributed by atoms with Gasteiger partial charge in [-0.1, -0.05) is 62.9 Å². The van der Waals surface area contributed by atoms with Gasteiger partial charge in [-0.3, -0.25) is 53.9 Å². The molecule has 5 aromatic carbocycles. The van der Waals surface area contributed by atoms with E-state index in [4.69, 9.17) is 61.9 Å². The number of Topliss-reactive ketones (excluding diaryl/α,β-unsaturated/α-hetero) is 1. The number of carbonyl (C=O) groups excluding carboxylic acids is 10. The Bertz CT molecular complexity index is 4080. The molecular formula is C72H81N9O22. The van der Waals surface area contributed by atoms with Crippen molar-refractivity contribution in [2.75, 3.05) is 18.0 Å². The van der Waals surface area contributed by atoms with Crippen molar-refractivity contribution in [1.29, 1.82) is 16.2 Å². The largest absolute Gasteiger partial charge is 0.516 e. The molecule has 0 aliphatic heterocycles. The van der Waals surface area contributed by atoms with Crippen LogP contribution in [0, 0.1) is 38.2 Å². The van der Waals surface area contributed by atoms with E-state index in [1.54, 1.807) is 98.8 Å². The lowest BCUT2D eigenvalue weighted by atomic mass is 9.89. The van der Waals surface area contributed by atoms with Crippen molar-refractivity contribution >= 4 is 100 Å². The van der Waals surface area contributed by atoms with E-state index < -0.39 is 102 Å². The first kappa shape index (κ1) is 82.9. The number of pyridine rings is 1. The molecule has 103 heavy (non-hydrogen) atoms. The first-order chi connectivity index (χ1) is 48.5. The molecule has 4 atom stereocenters. The molecule has 1 saturated carbocycles. The van der Waals surface area contributed by atoms with Crippen LogP contribution in [-0.4, -0.2) is 124 Å². The van der Waals surface area contributed by atoms with Crippen LogP contribution in [-0.2, 0) is 79.7 Å². The summed E-state index contributed by atoms with van der Waals surface area (Å²) in [6.07, 6.45) is -2.74. The number of nitrogen functional groups attached to an aromatic ring is 3. The molecule has 4 unspecified atom stereocenters. The van der Waals surface area contributed by atoms with Crippen LogP contribution in [0.4, 0.5) is 21.9 Å². The molecule has 1 amide bonds. The number of nitrogens with two attached hydrogens (primary N) is 3. The van der Waals surface area contributed by atoms with Crippen molar-refractivity contribution in [1.82, 2.24) is 10.3 Å². The summed E-state index contributed by atoms with van der Waals surface area (Å²) < 4.78 is 43.8. The molecule has 11 N–H and O–H groups in total. The number of rotatable bonds is 28. The highest BCUT2D eigenvalue weighted by Gasteiger charge is 2.29. The molecular weight excluding hydrogens is 1340 g/mol. The maximum Gasteiger partial charge on any atom is 0.516 e. The minimum Gasteiger partial charge on any atom is -0.426 e. The fraction of sp³-hybridized carbons (Fsp3) is 0.306. The normalized spacial score (nSPS) is 12.1. The Kier molecular flexibility index (Phi) is 32.6. The Morgan fingerprint density at radius 3 is 1.55 bits per heavy atom. The zero-order valence-electron chi connectivity index (χ0n) is 57.9. The van der Waals surface area contributed by atoms with Gasteiger partial charge in [-0.2, -0.15) is 0 Å². The molecule has 0 bridgehead atoms. The van der Waals surface area contributed by atoms with Crippen LogP contribution in [0.3, 0.4) is 0 Å². The Morgan fingerprint density at radius 2 is 1.11 bits per heavy atom. The third-order valence-corrected chi connectivity index (χ3v) is 13.7. The van der Waals surface area contributed by atoms with Crippen LogP contribution in [0.5, 0.6) is 5.75 Å². The highest BCUT2D eigenvalue weighted by Crippen LogP contribution is 2.33. The number of aromatic nitrogens is 1. The van der Waals surface area contributed by atoms with Gasteiger partial charge < -0.3 is 81.1 Å². The smallest absolute Gasteiger partial charge is 0.426 e. The number of aliphatic hydroxyl groups excluding tert-OH is 1. The lowest BCUT2D eigenvalue weighted by Crippen LogP contribution is -2.28. The quantitative estimate of drug-likeness (QED) is 0.00216. The second kappa shape index (κ2) is 40.5. The highest BCUT2D eigenvalue weighted by molar-refractivity contribution is 6.09. The Morgan fingerprint density at radius 1 is 0.631 bits per heavy atom. The van der Waals surface area contributed by atoms with E-state index in [0.717, 1.165) is 12.8 Å². The molecule has 31 heteroatoms. The molecule has 31 nitrogen and oxygen atoms in total. The molecule has 0 saturated heterocycles. The van der Waals surface area contributed by atoms with Crippen LogP contribution < -0.4 is 27.3 Å². The van der Waals surface area contributed by atoms with E-state index in [1.807, 2.05) is 0 Å². The van der Waals surface area contributed by atoms with Crippen LogP contribution in [0.1, 0.15) is 153 Å². The van der Waals surface area contributed by atoms with E-state index >= 15 is 0 Å². The molecule has 0 radical (unpaired) electrons. The van der Waals surface area contributed by atoms with Crippen molar-refractivity contribution in [2.24, 2.45) is 17.6 Å². The van der Waals surface area contributed by atoms with E-state index in [-0.39, 0.29) is 76.0 Å². The predicted octanol–water partition coefficient (Wildman–Crippen LogP) is 9.41. The number of nitrogens with one attached hydrogen (secondary N) is 4. The lowest BCUT2D eigenvalue weighted by Gasteiger charge is -2.19. The van der Waals surface area contributed by atoms with Crippen LogP contribution in [0.25, 0.3) is 17.2 Å². The molecule has 7 rings (SSSR count). The maximum atomic E-state index is 14.1. The molecule has 0 spiro atoms. The molecule has 6 aromatic rings. The summed E-state index contributed by atoms with van der Waals surface area (Å²) in [7, 11) is 0. The van der Waals surface area contributed by atoms with Gasteiger partial charge in [-0.15, -0.1) is 0 Å². The number of amides is 1. The minimum absolute atomic E-state index is 0.0553. The molecule has 1 aromatic heterocycles. The van der Waals surface area contributed by atoms with Crippen LogP contribution in [0.15, 0.2) is 128 Å². The fourth-order valence-corrected chi connectivity index (χ4v) is 8.64. The van der Waals surface area contributed by atoms with Gasteiger partial charge in [0.1, 0.15) is 17.3 Å². The first-order valence-electron chi connectivity index (χ1n) is 31.5. The number of carbonyl (C=O) groups is 10. The standard InChI is InChI=1S/C41H45N3O11.C13H16N2O4.C11H11NO7.C7H9N3/c1-7-28-17-33(36(47)16-26-10-12-29(13-11-26)34(42)19-37(48)53-24(5)52-23(4)46)32(18-30(28)21-45)31-14-15-35(39(49)43-20-27-8-9-27)44-38(31)41(51)55-25(6)54-40(50)22(2)3;1-8(16)18-9(2)19-13(17)7-12(15)10-3-5-11(14)6-4-10;1-7(13)17-8(2)18-11(14)19-10-5-3-9(4-6-10)12(15)16;8-6-3-1-5(2-4-6)7(9)10/h7,10-15,17-18,22,24-25,27,42,45H,1,8-9,16,19-21H2,2-6H3,(H,43,49);3-6,9,15H,7,14H2,1-2H3;3-6,8H,1-2H3;1-4H,8H2,(H3,9,10). The summed E-state index contributed by atoms with van der Waals surface area (Å²) in [6, 6.07) is 30.7. The number of nitro groups is 1. The second-order valence-corrected chi connectivity index (χ2v) is 22.8. The van der Waals surface area contributed by atoms with E-state index in [9.17, 15) is 63.2 Å². The second-order valence-electron chi connectivity index (χ2n) is 22.8. The van der Waals surface area contributed by atoms with Gasteiger partial charge in [0.05, 0.1) is 30.3 Å². The minimum atomic E-state index is -1.30. The number of hydrogen-bond donors (Lipinski definition) is 8. The molecule has 1 aliphatic carbocycles. The van der Waals surface area contributed by atoms with Gasteiger partial charge in [0.15, 0.2) is 11.5 Å². The highest BCUT2D eigenvalue weighted by atomic mass is 16.8. The summed E-state index contributed by atoms with van der Waals surface area (Å²) in [4.78, 5) is 135. The summed E-state index contributed by atoms with van der Waals surface area (Å²) in [5.74, 6) is -5.61. The van der Waals surface area contributed by atoms with E-state index in [0.29, 0.717) is 57.2 Å². The lowest BCUT2D eigenvalue weighted by molar-refractivity contribution is -0.384. The van der Waals surface area contributed by atoms with Gasteiger partial charge in [-0.05, 0) is 125 Å². The summed E-state index contributed by atoms with van der Waals surface area (Å²) in [5, 5.41) is 46.6. The predicted molar refractivity (Wildman–Crippen MR) is 373 cm³/mol. The van der Waals surface area contributed by atoms with Gasteiger partial charge in [0.2, 0.25) is 25.2 Å². The third-order valence-electron chi connectivity index (χ3n) is 13.7. The number of benzene rings is 5. The zero-order valence-corrected chi connectivity index (χ0v) is 57.9. The van der Waals surface area contributed by atoms with E-state index in [1.165, 1.54) is 90.9 Å². The number of hydrogen-bond acceptors (Lipinski definition) is 28. The first-order valence-corrected chi connectivity index (χ1v) is 31.5. The van der Waals surface area contributed by atoms with Gasteiger partial charge in [0, 0.05) is 113 Å². The average Bonchev–Trinajstić information content (AvgIpc) is 0.925. The fourth-order valence-electron chi connectivity index (χ4n) is 8.64. The van der Waals surface area contributed by atoms with Crippen LogP contribution >= 0.6 is 0 Å². The monoisotopic (exact) mass is 1420 g/mol. The molecule has 1 fully saturated rings. The maximum absolute atomic E-state index is 14.1. The van der Waals surface area contributed by atoms with Gasteiger partial charge in [0.25, 0.3) is 11.6 Å². The van der Waals surface area contributed by atoms with Crippen molar-refractivity contribution in [3.63, 3.8) is 0 Å². The van der Waals surface area contributed by atoms with Crippen molar-refractivity contribution in [2.45, 2.75) is 126 Å². The van der Waals surface area contributed by atoms with Crippen molar-refractivity contribution in [3.05, 3.63) is 188 Å². The van der Waals surface area contributed by atoms with Crippen molar-refractivity contribution < 1.29 is 101 Å². The Labute approximate surface area is 591 Å². The third kappa shape index (κ3) is 29.4. The van der Waals surface area contributed by atoms with Crippen LogP contribution in [0.2, 0.25) is 0 Å². The number of non-ortho nitro benzene ring substituents is 1. The Hall–Kier alpha value is -12.5. The zero-order chi connectivity index (χ0) is 76.8. The van der Waals surface area contributed by atoms with Crippen molar-refractivity contribution in [3.8, 4) is 16.9 Å². The molecule has 1 aliphatic rings. The summed E-state index contributed by atoms with van der Waals surface area (Å²) in [5.41, 5.74) is 20.6. The number of aliphatic hydroxyl groups is 1. The number of esters is 7. The number of amidine groups is 1. The summed E-state index contributed by atoms with van der Waals surface area (Å²) >= 11 is 0. The van der Waals surface area contributed by atoms with Gasteiger partial charge >= 0.3 is 47.9 Å². The topological polar surface area (TPSA) is 492 Å². The summed E-state index contributed by atoms with van der Waals surface area (Å²) in [6.45, 7) is 16.2. The number of nitro benzene ring substituents is 1. The molecule has 1 heterocycles. The molecule has 546 valence electrons. The number of ketones is 1. The van der Waals surface area contributed by atoms with E-state index in [2.05, 4.69) is 31.1 Å². The Balaban J connectivity index is 0.000000375. The number of nitrogens with zero attached hydrogens (tertiary/aromatic N) is 2. The number of anilines is 2. The van der Waals surface area contributed by atoms with Gasteiger partial charge in [-0.25, -0.2) is 14.6 Å². The SMILES string of the molecule is C=Cc1cc(C(=O)Cc2ccc(C(=N)CC(=O)OC(C)OC(C)=O)cc2)c(-c2ccc(C(=O)NCC3CC3)nc2C(=O)OC(C)OC(=O)C(C)C)cc1CO.CC(=O)OC(C)OC(=O)CC(=N)c1ccc(N)cc1.CC(=O)OC(C)OC(=O)Oc1ccc([N+](=O)[O-])cc1.N=C(N)c1ccc(N)cc1.